The monoisotopic (exact) mass is 415 g/mol. The summed E-state index contributed by atoms with van der Waals surface area (Å²) in [6.45, 7) is 5.20. The molecule has 0 spiro atoms. The van der Waals surface area contributed by atoms with E-state index in [9.17, 15) is 0 Å². The van der Waals surface area contributed by atoms with Gasteiger partial charge in [-0.05, 0) is 61.9 Å². The van der Waals surface area contributed by atoms with E-state index in [0.29, 0.717) is 13.2 Å². The number of rotatable bonds is 6. The third-order valence-electron chi connectivity index (χ3n) is 5.52. The molecule has 2 aliphatic heterocycles. The fraction of sp³-hybridized carbons (Fsp3) is 0.280. The van der Waals surface area contributed by atoms with Gasteiger partial charge in [-0.15, -0.1) is 0 Å². The van der Waals surface area contributed by atoms with Crippen molar-refractivity contribution < 1.29 is 14.2 Å². The van der Waals surface area contributed by atoms with E-state index in [4.69, 9.17) is 19.3 Å². The molecule has 0 amide bonds. The summed E-state index contributed by atoms with van der Waals surface area (Å²) in [5.41, 5.74) is 4.01. The first-order valence-electron chi connectivity index (χ1n) is 10.7. The van der Waals surface area contributed by atoms with Crippen LogP contribution in [0, 0.1) is 0 Å². The third-order valence-corrected chi connectivity index (χ3v) is 5.52. The number of aromatic nitrogens is 1. The van der Waals surface area contributed by atoms with Crippen molar-refractivity contribution in [1.29, 1.82) is 0 Å². The normalized spacial score (nSPS) is 19.2. The number of hydrogen-bond acceptors (Lipinski definition) is 6. The smallest absolute Gasteiger partial charge is 0.230 e. The molecule has 1 aromatic heterocycles. The van der Waals surface area contributed by atoms with Crippen LogP contribution in [0.25, 0.3) is 0 Å². The Morgan fingerprint density at radius 1 is 0.968 bits per heavy atom. The molecule has 6 heteroatoms. The van der Waals surface area contributed by atoms with Crippen molar-refractivity contribution in [3.8, 4) is 17.2 Å². The molecule has 0 aliphatic carbocycles. The Morgan fingerprint density at radius 3 is 2.55 bits per heavy atom. The van der Waals surface area contributed by atoms with Crippen LogP contribution in [0.3, 0.4) is 0 Å². The lowest BCUT2D eigenvalue weighted by atomic mass is 9.96. The number of hydrogen-bond donors (Lipinski definition) is 0. The molecule has 6 nitrogen and oxygen atoms in total. The van der Waals surface area contributed by atoms with Gasteiger partial charge in [0.05, 0.1) is 25.0 Å². The Balaban J connectivity index is 1.55. The Morgan fingerprint density at radius 2 is 1.81 bits per heavy atom. The molecule has 0 radical (unpaired) electrons. The first-order valence-corrected chi connectivity index (χ1v) is 10.7. The molecule has 3 aromatic rings. The number of nitrogens with zero attached hydrogens (tertiary/aromatic N) is 3. The number of hydrazone groups is 1. The molecular formula is C25H25N3O3. The van der Waals surface area contributed by atoms with Gasteiger partial charge in [0.25, 0.3) is 0 Å². The van der Waals surface area contributed by atoms with Gasteiger partial charge in [0, 0.05) is 18.2 Å². The maximum Gasteiger partial charge on any atom is 0.230 e. The van der Waals surface area contributed by atoms with Crippen LogP contribution in [0.15, 0.2) is 72.0 Å². The zero-order valence-corrected chi connectivity index (χ0v) is 17.7. The molecule has 0 saturated heterocycles. The molecule has 158 valence electrons. The number of ether oxygens (including phenoxy) is 3. The Hall–Kier alpha value is -3.54. The Bertz CT molecular complexity index is 1080. The highest BCUT2D eigenvalue weighted by atomic mass is 16.5. The van der Waals surface area contributed by atoms with Gasteiger partial charge in [-0.3, -0.25) is 4.98 Å². The average Bonchev–Trinajstić information content (AvgIpc) is 3.26. The van der Waals surface area contributed by atoms with Crippen molar-refractivity contribution >= 4 is 5.71 Å². The maximum atomic E-state index is 6.46. The van der Waals surface area contributed by atoms with Crippen molar-refractivity contribution in [3.05, 3.63) is 83.7 Å². The summed E-state index contributed by atoms with van der Waals surface area (Å²) in [7, 11) is 0. The van der Waals surface area contributed by atoms with Crippen LogP contribution in [-0.4, -0.2) is 28.9 Å². The molecule has 2 aliphatic rings. The van der Waals surface area contributed by atoms with Crippen molar-refractivity contribution in [2.45, 2.75) is 32.5 Å². The molecule has 0 N–H and O–H groups in total. The minimum absolute atomic E-state index is 0.0535. The number of benzene rings is 2. The molecule has 2 aromatic carbocycles. The van der Waals surface area contributed by atoms with Crippen LogP contribution in [0.2, 0.25) is 0 Å². The van der Waals surface area contributed by atoms with E-state index < -0.39 is 6.23 Å². The predicted octanol–water partition coefficient (Wildman–Crippen LogP) is 5.12. The van der Waals surface area contributed by atoms with E-state index in [2.05, 4.69) is 23.2 Å². The maximum absolute atomic E-state index is 6.46. The third kappa shape index (κ3) is 3.58. The summed E-state index contributed by atoms with van der Waals surface area (Å²) in [5, 5.41) is 7.03. The lowest BCUT2D eigenvalue weighted by molar-refractivity contribution is -0.0240. The second-order valence-electron chi connectivity index (χ2n) is 7.44. The summed E-state index contributed by atoms with van der Waals surface area (Å²) in [6, 6.07) is 20.1. The van der Waals surface area contributed by atoms with Crippen LogP contribution >= 0.6 is 0 Å². The van der Waals surface area contributed by atoms with Gasteiger partial charge in [0.2, 0.25) is 6.23 Å². The molecule has 0 bridgehead atoms. The minimum atomic E-state index is -0.416. The molecule has 31 heavy (non-hydrogen) atoms. The molecule has 2 atom stereocenters. The van der Waals surface area contributed by atoms with Crippen LogP contribution in [0.5, 0.6) is 17.2 Å². The zero-order valence-electron chi connectivity index (χ0n) is 17.7. The summed E-state index contributed by atoms with van der Waals surface area (Å²) in [4.78, 5) is 4.55. The van der Waals surface area contributed by atoms with Gasteiger partial charge < -0.3 is 14.2 Å². The van der Waals surface area contributed by atoms with Crippen molar-refractivity contribution in [1.82, 2.24) is 9.99 Å². The lowest BCUT2D eigenvalue weighted by Crippen LogP contribution is -2.34. The SMILES string of the molecule is CCOc1ccc(C2=NN3[C@H](C2)c2cccc(OCC)c2O[C@@H]3c2ccccn2)cc1. The Kier molecular flexibility index (Phi) is 5.20. The highest BCUT2D eigenvalue weighted by molar-refractivity contribution is 6.02. The fourth-order valence-corrected chi connectivity index (χ4v) is 4.15. The molecule has 0 saturated carbocycles. The Labute approximate surface area is 182 Å². The van der Waals surface area contributed by atoms with Gasteiger partial charge >= 0.3 is 0 Å². The summed E-state index contributed by atoms with van der Waals surface area (Å²) >= 11 is 0. The van der Waals surface area contributed by atoms with Crippen LogP contribution in [0.1, 0.15) is 49.4 Å². The van der Waals surface area contributed by atoms with E-state index in [1.807, 2.05) is 61.3 Å². The van der Waals surface area contributed by atoms with Crippen LogP contribution in [-0.2, 0) is 0 Å². The first kappa shape index (κ1) is 19.4. The standard InChI is InChI=1S/C25H25N3O3/c1-3-29-18-13-11-17(12-14-18)21-16-22-19-8-7-10-23(30-4-2)24(19)31-25(28(22)27-21)20-9-5-6-15-26-20/h5-15,22,25H,3-4,16H2,1-2H3/t22-,25-/m1/s1. The van der Waals surface area contributed by atoms with Crippen molar-refractivity contribution in [3.63, 3.8) is 0 Å². The van der Waals surface area contributed by atoms with Gasteiger partial charge in [0.15, 0.2) is 11.5 Å². The van der Waals surface area contributed by atoms with E-state index in [1.54, 1.807) is 6.20 Å². The van der Waals surface area contributed by atoms with Gasteiger partial charge in [0.1, 0.15) is 11.4 Å². The van der Waals surface area contributed by atoms with E-state index in [0.717, 1.165) is 46.2 Å². The number of fused-ring (bicyclic) bond motifs is 3. The zero-order chi connectivity index (χ0) is 21.2. The second-order valence-corrected chi connectivity index (χ2v) is 7.44. The number of pyridine rings is 1. The molecule has 5 rings (SSSR count). The van der Waals surface area contributed by atoms with Crippen LogP contribution in [0.4, 0.5) is 0 Å². The van der Waals surface area contributed by atoms with Crippen molar-refractivity contribution in [2.24, 2.45) is 5.10 Å². The topological polar surface area (TPSA) is 56.2 Å². The summed E-state index contributed by atoms with van der Waals surface area (Å²) in [6.07, 6.45) is 2.15. The predicted molar refractivity (Wildman–Crippen MR) is 119 cm³/mol. The lowest BCUT2D eigenvalue weighted by Gasteiger charge is -2.38. The van der Waals surface area contributed by atoms with Gasteiger partial charge in [-0.1, -0.05) is 18.2 Å². The van der Waals surface area contributed by atoms with E-state index >= 15 is 0 Å². The average molecular weight is 415 g/mol. The highest BCUT2D eigenvalue weighted by Crippen LogP contribution is 2.50. The van der Waals surface area contributed by atoms with Gasteiger partial charge in [-0.25, -0.2) is 5.01 Å². The summed E-state index contributed by atoms with van der Waals surface area (Å²) < 4.78 is 17.9. The molecular weight excluding hydrogens is 390 g/mol. The summed E-state index contributed by atoms with van der Waals surface area (Å²) in [5.74, 6) is 2.41. The van der Waals surface area contributed by atoms with Crippen LogP contribution < -0.4 is 14.2 Å². The second kappa shape index (κ2) is 8.30. The van der Waals surface area contributed by atoms with E-state index in [1.165, 1.54) is 0 Å². The van der Waals surface area contributed by atoms with E-state index in [-0.39, 0.29) is 6.04 Å². The number of para-hydroxylation sites is 1. The molecule has 3 heterocycles. The van der Waals surface area contributed by atoms with Crippen molar-refractivity contribution in [2.75, 3.05) is 13.2 Å². The quantitative estimate of drug-likeness (QED) is 0.559. The van der Waals surface area contributed by atoms with Gasteiger partial charge in [-0.2, -0.15) is 5.10 Å². The fourth-order valence-electron chi connectivity index (χ4n) is 4.15. The highest BCUT2D eigenvalue weighted by Gasteiger charge is 2.42. The minimum Gasteiger partial charge on any atom is -0.494 e. The molecule has 0 unspecified atom stereocenters. The first-order chi connectivity index (χ1) is 15.3. The molecule has 0 fully saturated rings. The largest absolute Gasteiger partial charge is 0.494 e.